The maximum absolute atomic E-state index is 13.4. The minimum atomic E-state index is -0.331. The van der Waals surface area contributed by atoms with Crippen molar-refractivity contribution in [2.75, 3.05) is 13.7 Å². The number of hydrogen-bond acceptors (Lipinski definition) is 7. The summed E-state index contributed by atoms with van der Waals surface area (Å²) in [6, 6.07) is 12.2. The fraction of sp³-hybridized carbons (Fsp3) is 0.280. The van der Waals surface area contributed by atoms with Crippen LogP contribution in [0.25, 0.3) is 11.7 Å². The Morgan fingerprint density at radius 2 is 1.82 bits per heavy atom. The molecule has 1 saturated heterocycles. The van der Waals surface area contributed by atoms with E-state index in [1.165, 1.54) is 16.2 Å². The number of pyridine rings is 1. The van der Waals surface area contributed by atoms with Crippen LogP contribution in [0.2, 0.25) is 0 Å². The van der Waals surface area contributed by atoms with Crippen molar-refractivity contribution in [2.45, 2.75) is 32.6 Å². The van der Waals surface area contributed by atoms with Crippen LogP contribution in [0.1, 0.15) is 38.2 Å². The highest BCUT2D eigenvalue weighted by atomic mass is 32.2. The molecule has 0 atom stereocenters. The lowest BCUT2D eigenvalue weighted by Crippen LogP contribution is -2.29. The van der Waals surface area contributed by atoms with E-state index < -0.39 is 0 Å². The number of benzene rings is 1. The van der Waals surface area contributed by atoms with Crippen molar-refractivity contribution in [3.8, 4) is 17.4 Å². The molecular weight excluding hydrogens is 470 g/mol. The van der Waals surface area contributed by atoms with Crippen molar-refractivity contribution >= 4 is 45.9 Å². The molecule has 1 aliphatic heterocycles. The molecular formula is C25H25N3O4S2. The molecule has 0 N–H and O–H groups in total. The molecule has 0 saturated carbocycles. The van der Waals surface area contributed by atoms with E-state index in [1.54, 1.807) is 66.7 Å². The van der Waals surface area contributed by atoms with E-state index in [4.69, 9.17) is 21.7 Å². The zero-order valence-electron chi connectivity index (χ0n) is 19.0. The topological polar surface area (TPSA) is 73.1 Å². The zero-order chi connectivity index (χ0) is 24.1. The first-order valence-corrected chi connectivity index (χ1v) is 12.3. The van der Waals surface area contributed by atoms with Gasteiger partial charge in [-0.2, -0.15) is 4.98 Å². The fourth-order valence-corrected chi connectivity index (χ4v) is 4.85. The molecule has 9 heteroatoms. The van der Waals surface area contributed by atoms with E-state index in [0.717, 1.165) is 25.7 Å². The third-order valence-electron chi connectivity index (χ3n) is 5.39. The van der Waals surface area contributed by atoms with E-state index in [9.17, 15) is 9.59 Å². The predicted octanol–water partition coefficient (Wildman–Crippen LogP) is 5.28. The number of carbonyl (C=O) groups is 1. The summed E-state index contributed by atoms with van der Waals surface area (Å²) in [6.45, 7) is 2.72. The Kier molecular flexibility index (Phi) is 7.64. The van der Waals surface area contributed by atoms with Crippen LogP contribution in [0.5, 0.6) is 17.4 Å². The summed E-state index contributed by atoms with van der Waals surface area (Å²) < 4.78 is 13.1. The summed E-state index contributed by atoms with van der Waals surface area (Å²) in [4.78, 5) is 33.0. The molecule has 0 spiro atoms. The highest BCUT2D eigenvalue weighted by Gasteiger charge is 2.32. The summed E-state index contributed by atoms with van der Waals surface area (Å²) in [7, 11) is 1.58. The van der Waals surface area contributed by atoms with Gasteiger partial charge in [0.15, 0.2) is 0 Å². The van der Waals surface area contributed by atoms with Gasteiger partial charge in [0.05, 0.1) is 12.0 Å². The Morgan fingerprint density at radius 1 is 1.06 bits per heavy atom. The Balaban J connectivity index is 1.70. The number of aromatic nitrogens is 2. The van der Waals surface area contributed by atoms with E-state index >= 15 is 0 Å². The maximum Gasteiger partial charge on any atom is 0.269 e. The van der Waals surface area contributed by atoms with Gasteiger partial charge in [0.1, 0.15) is 27.0 Å². The van der Waals surface area contributed by atoms with Crippen molar-refractivity contribution in [1.29, 1.82) is 0 Å². The normalized spacial score (nSPS) is 14.9. The van der Waals surface area contributed by atoms with Crippen LogP contribution in [0, 0.1) is 0 Å². The summed E-state index contributed by atoms with van der Waals surface area (Å²) in [6.07, 6.45) is 7.35. The number of amides is 1. The standard InChI is InChI=1S/C25H25N3O4S2/c1-3-4-5-7-15-28-24(30)20(34-25(28)33)16-19-22(32-18-12-10-17(31-2)11-13-18)26-21-9-6-8-14-27(21)23(19)29/h6,8-14,16H,3-5,7,15H2,1-2H3. The Bertz CT molecular complexity index is 1300. The van der Waals surface area contributed by atoms with Gasteiger partial charge in [-0.05, 0) is 48.9 Å². The van der Waals surface area contributed by atoms with Gasteiger partial charge in [-0.1, -0.05) is 56.2 Å². The highest BCUT2D eigenvalue weighted by Crippen LogP contribution is 2.34. The molecule has 0 bridgehead atoms. The van der Waals surface area contributed by atoms with Crippen LogP contribution in [0.3, 0.4) is 0 Å². The number of unbranched alkanes of at least 4 members (excludes halogenated alkanes) is 3. The third kappa shape index (κ3) is 5.15. The van der Waals surface area contributed by atoms with Crippen LogP contribution < -0.4 is 15.0 Å². The summed E-state index contributed by atoms with van der Waals surface area (Å²) in [5.41, 5.74) is 0.296. The number of thioether (sulfide) groups is 1. The molecule has 0 aliphatic carbocycles. The van der Waals surface area contributed by atoms with Gasteiger partial charge in [0.25, 0.3) is 11.5 Å². The van der Waals surface area contributed by atoms with Crippen molar-refractivity contribution in [3.63, 3.8) is 0 Å². The Hall–Kier alpha value is -3.17. The summed E-state index contributed by atoms with van der Waals surface area (Å²) >= 11 is 6.64. The second-order valence-electron chi connectivity index (χ2n) is 7.74. The summed E-state index contributed by atoms with van der Waals surface area (Å²) in [5.74, 6) is 1.10. The first-order valence-electron chi connectivity index (χ1n) is 11.1. The average Bonchev–Trinajstić information content (AvgIpc) is 3.12. The lowest BCUT2D eigenvalue weighted by molar-refractivity contribution is -0.122. The van der Waals surface area contributed by atoms with Gasteiger partial charge in [-0.3, -0.25) is 18.9 Å². The molecule has 1 aromatic carbocycles. The van der Waals surface area contributed by atoms with E-state index in [0.29, 0.717) is 32.9 Å². The molecule has 4 rings (SSSR count). The van der Waals surface area contributed by atoms with Gasteiger partial charge in [0.2, 0.25) is 5.88 Å². The number of ether oxygens (including phenoxy) is 2. The summed E-state index contributed by atoms with van der Waals surface area (Å²) in [5, 5.41) is 0. The van der Waals surface area contributed by atoms with Crippen molar-refractivity contribution in [1.82, 2.24) is 14.3 Å². The first-order chi connectivity index (χ1) is 16.5. The van der Waals surface area contributed by atoms with Gasteiger partial charge >= 0.3 is 0 Å². The molecule has 2 aromatic heterocycles. The molecule has 0 radical (unpaired) electrons. The van der Waals surface area contributed by atoms with E-state index in [1.807, 2.05) is 0 Å². The quantitative estimate of drug-likeness (QED) is 0.227. The van der Waals surface area contributed by atoms with Gasteiger partial charge in [-0.25, -0.2) is 0 Å². The minimum absolute atomic E-state index is 0.120. The highest BCUT2D eigenvalue weighted by molar-refractivity contribution is 8.26. The molecule has 176 valence electrons. The number of carbonyl (C=O) groups excluding carboxylic acids is 1. The number of rotatable bonds is 9. The lowest BCUT2D eigenvalue weighted by Gasteiger charge is -2.14. The molecule has 3 aromatic rings. The van der Waals surface area contributed by atoms with Crippen LogP contribution in [-0.4, -0.2) is 38.2 Å². The van der Waals surface area contributed by atoms with Crippen LogP contribution in [0.15, 0.2) is 58.4 Å². The largest absolute Gasteiger partial charge is 0.497 e. The molecule has 34 heavy (non-hydrogen) atoms. The molecule has 1 fully saturated rings. The fourth-order valence-electron chi connectivity index (χ4n) is 3.56. The number of hydrogen-bond donors (Lipinski definition) is 0. The molecule has 1 aliphatic rings. The predicted molar refractivity (Wildman–Crippen MR) is 139 cm³/mol. The van der Waals surface area contributed by atoms with Crippen molar-refractivity contribution < 1.29 is 14.3 Å². The Labute approximate surface area is 207 Å². The third-order valence-corrected chi connectivity index (χ3v) is 6.77. The number of nitrogens with zero attached hydrogens (tertiary/aromatic N) is 3. The average molecular weight is 496 g/mol. The SMILES string of the molecule is CCCCCCN1C(=O)C(=Cc2c(Oc3ccc(OC)cc3)nc3ccccn3c2=O)SC1=S. The second kappa shape index (κ2) is 10.8. The lowest BCUT2D eigenvalue weighted by atomic mass is 10.2. The smallest absolute Gasteiger partial charge is 0.269 e. The van der Waals surface area contributed by atoms with Gasteiger partial charge in [-0.15, -0.1) is 0 Å². The number of fused-ring (bicyclic) bond motifs is 1. The first kappa shape index (κ1) is 24.0. The number of thiocarbonyl (C=S) groups is 1. The van der Waals surface area contributed by atoms with Crippen LogP contribution in [-0.2, 0) is 4.79 Å². The van der Waals surface area contributed by atoms with E-state index in [-0.39, 0.29) is 22.9 Å². The van der Waals surface area contributed by atoms with Gasteiger partial charge in [0, 0.05) is 12.7 Å². The molecule has 1 amide bonds. The Morgan fingerprint density at radius 3 is 2.56 bits per heavy atom. The second-order valence-corrected chi connectivity index (χ2v) is 9.41. The van der Waals surface area contributed by atoms with Crippen molar-refractivity contribution in [2.24, 2.45) is 0 Å². The van der Waals surface area contributed by atoms with Gasteiger partial charge < -0.3 is 9.47 Å². The van der Waals surface area contributed by atoms with Crippen LogP contribution in [0.4, 0.5) is 0 Å². The molecule has 0 unspecified atom stereocenters. The maximum atomic E-state index is 13.4. The minimum Gasteiger partial charge on any atom is -0.497 e. The van der Waals surface area contributed by atoms with Crippen LogP contribution >= 0.6 is 24.0 Å². The number of methoxy groups -OCH3 is 1. The monoisotopic (exact) mass is 495 g/mol. The van der Waals surface area contributed by atoms with E-state index in [2.05, 4.69) is 11.9 Å². The zero-order valence-corrected chi connectivity index (χ0v) is 20.7. The molecule has 7 nitrogen and oxygen atoms in total. The molecule has 3 heterocycles. The van der Waals surface area contributed by atoms with Crippen molar-refractivity contribution in [3.05, 3.63) is 69.5 Å².